The number of aliphatic hydroxyl groups is 1. The van der Waals surface area contributed by atoms with E-state index in [4.69, 9.17) is 8.43 Å². The number of unbranched alkanes of at least 4 members (excludes halogenated alkanes) is 24. The van der Waals surface area contributed by atoms with Crippen LogP contribution in [-0.4, -0.2) is 28.9 Å². The quantitative estimate of drug-likeness (QED) is 0.0434. The molecule has 0 aliphatic rings. The standard InChI is InChI=1S/2C18H35O.C15H16O.C3H8O.O.Ti/c2*1-18(2)16-14-12-10-8-6-4-3-5-7-9-11-13-15-17-19;1-15(2,12-8-4-3-5-9-12)13-10-6-7-11-14(13)16;1-3(2)4;;/h2*18H,3-16H2,1-2H3;3-11,16H,1-2H3;3-4H,1-2H3;;/q2*-1;;;;+2. The Morgan fingerprint density at radius 2 is 0.733 bits per heavy atom. The number of para-hydroxylation sites is 1. The van der Waals surface area contributed by atoms with Gasteiger partial charge in [0.15, 0.2) is 0 Å². The molecule has 0 unspecified atom stereocenters. The molecule has 0 spiro atoms. The van der Waals surface area contributed by atoms with E-state index in [9.17, 15) is 14.7 Å². The van der Waals surface area contributed by atoms with Crippen LogP contribution in [0.1, 0.15) is 246 Å². The molecule has 5 nitrogen and oxygen atoms in total. The second-order valence-electron chi connectivity index (χ2n) is 18.2. The topological polar surface area (TPSA) is 91.7 Å². The Morgan fingerprint density at radius 1 is 0.467 bits per heavy atom. The molecule has 344 valence electrons. The number of carbonyl (C=O) groups excluding carboxylic acids is 2. The van der Waals surface area contributed by atoms with Crippen LogP contribution in [-0.2, 0) is 38.7 Å². The average molecular weight is 871 g/mol. The molecule has 0 amide bonds. The summed E-state index contributed by atoms with van der Waals surface area (Å²) in [5.41, 5.74) is 1.99. The van der Waals surface area contributed by atoms with Gasteiger partial charge in [0.05, 0.1) is 0 Å². The number of hydrogen-bond acceptors (Lipinski definition) is 5. The summed E-state index contributed by atoms with van der Waals surface area (Å²) in [5.74, 6) is 2.12. The zero-order valence-electron chi connectivity index (χ0n) is 40.3. The van der Waals surface area contributed by atoms with E-state index in [1.807, 2.05) is 49.0 Å². The van der Waals surface area contributed by atoms with E-state index in [2.05, 4.69) is 53.7 Å². The second kappa shape index (κ2) is 48.1. The molecule has 0 bridgehead atoms. The van der Waals surface area contributed by atoms with Crippen LogP contribution in [0, 0.1) is 11.8 Å². The molecule has 0 aliphatic heterocycles. The van der Waals surface area contributed by atoms with Crippen molar-refractivity contribution in [3.8, 4) is 5.75 Å². The summed E-state index contributed by atoms with van der Waals surface area (Å²) in [7, 11) is 0. The monoisotopic (exact) mass is 871 g/mol. The molecule has 0 aliphatic carbocycles. The molecule has 0 saturated carbocycles. The molecule has 0 radical (unpaired) electrons. The summed E-state index contributed by atoms with van der Waals surface area (Å²) < 4.78 is 8.25. The Hall–Kier alpha value is -1.95. The number of rotatable bonds is 32. The van der Waals surface area contributed by atoms with Gasteiger partial charge >= 0.3 is 23.7 Å². The minimum absolute atomic E-state index is 0.167. The van der Waals surface area contributed by atoms with Crippen molar-refractivity contribution in [2.24, 2.45) is 11.8 Å². The third-order valence-corrected chi connectivity index (χ3v) is 10.7. The van der Waals surface area contributed by atoms with Gasteiger partial charge in [0.2, 0.25) is 0 Å². The van der Waals surface area contributed by atoms with E-state index >= 15 is 0 Å². The van der Waals surface area contributed by atoms with Crippen molar-refractivity contribution in [1.29, 1.82) is 0 Å². The zero-order chi connectivity index (χ0) is 45.5. The molecule has 0 fully saturated rings. The number of benzene rings is 2. The Morgan fingerprint density at radius 3 is 1.02 bits per heavy atom. The fourth-order valence-corrected chi connectivity index (χ4v) is 7.05. The third kappa shape index (κ3) is 45.6. The van der Waals surface area contributed by atoms with E-state index in [0.717, 1.165) is 50.6 Å². The summed E-state index contributed by atoms with van der Waals surface area (Å²) in [6.07, 6.45) is 40.4. The predicted octanol–water partition coefficient (Wildman–Crippen LogP) is 16.4. The molecule has 0 atom stereocenters. The molecule has 0 saturated heterocycles. The molecule has 0 heterocycles. The van der Waals surface area contributed by atoms with E-state index in [0.29, 0.717) is 18.6 Å². The van der Waals surface area contributed by atoms with Gasteiger partial charge < -0.3 is 19.8 Å². The first-order valence-electron chi connectivity index (χ1n) is 24.3. The van der Waals surface area contributed by atoms with Gasteiger partial charge in [-0.1, -0.05) is 257 Å². The number of phenolic OH excluding ortho intramolecular Hbond substituents is 1. The van der Waals surface area contributed by atoms with Crippen LogP contribution in [0.4, 0.5) is 0 Å². The van der Waals surface area contributed by atoms with Crippen molar-refractivity contribution in [2.75, 3.05) is 0 Å². The zero-order valence-corrected chi connectivity index (χ0v) is 41.9. The third-order valence-electron chi connectivity index (χ3n) is 10.7. The Kier molecular flexibility index (Phi) is 50.0. The molecule has 6 heteroatoms. The fraction of sp³-hybridized carbons (Fsp3) is 0.741. The number of phenols is 1. The minimum atomic E-state index is -0.174. The number of aliphatic hydroxyl groups excluding tert-OH is 1. The fourth-order valence-electron chi connectivity index (χ4n) is 7.05. The van der Waals surface area contributed by atoms with Gasteiger partial charge in [-0.05, 0) is 37.3 Å². The van der Waals surface area contributed by atoms with Gasteiger partial charge in [0.1, 0.15) is 5.75 Å². The van der Waals surface area contributed by atoms with Crippen molar-refractivity contribution in [3.05, 3.63) is 65.7 Å². The second-order valence-corrected chi connectivity index (χ2v) is 18.2. The van der Waals surface area contributed by atoms with Crippen molar-refractivity contribution in [2.45, 2.75) is 247 Å². The summed E-state index contributed by atoms with van der Waals surface area (Å²) in [5, 5.41) is 18.0. The van der Waals surface area contributed by atoms with E-state index in [1.54, 1.807) is 19.9 Å². The summed E-state index contributed by atoms with van der Waals surface area (Å²) in [6, 6.07) is 17.7. The van der Waals surface area contributed by atoms with Gasteiger partial charge in [-0.2, -0.15) is 12.8 Å². The van der Waals surface area contributed by atoms with Crippen molar-refractivity contribution in [3.63, 3.8) is 0 Å². The number of hydrogen-bond donors (Lipinski definition) is 2. The molecule has 2 aromatic rings. The first kappa shape index (κ1) is 62.3. The summed E-state index contributed by atoms with van der Waals surface area (Å²) in [4.78, 5) is 20.0. The maximum atomic E-state index is 10.0. The van der Waals surface area contributed by atoms with Crippen LogP contribution < -0.4 is 0 Å². The molecule has 0 aromatic heterocycles. The van der Waals surface area contributed by atoms with Gasteiger partial charge in [0.25, 0.3) is 0 Å². The summed E-state index contributed by atoms with van der Waals surface area (Å²) in [6.45, 7) is 17.0. The van der Waals surface area contributed by atoms with Gasteiger partial charge in [-0.3, -0.25) is 12.6 Å². The molecule has 2 aromatic carbocycles. The van der Waals surface area contributed by atoms with Crippen LogP contribution in [0.2, 0.25) is 0 Å². The Balaban J connectivity index is -0.000000761. The number of aromatic hydroxyl groups is 1. The van der Waals surface area contributed by atoms with Gasteiger partial charge in [-0.25, -0.2) is 0 Å². The van der Waals surface area contributed by atoms with Crippen LogP contribution >= 0.6 is 0 Å². The Labute approximate surface area is 384 Å². The molecule has 2 rings (SSSR count). The molecular formula is C54H94O5Ti. The Bertz CT molecular complexity index is 1110. The van der Waals surface area contributed by atoms with Crippen molar-refractivity contribution in [1.82, 2.24) is 0 Å². The van der Waals surface area contributed by atoms with Gasteiger partial charge in [0, 0.05) is 17.1 Å². The first-order valence-corrected chi connectivity index (χ1v) is 25.0. The predicted molar refractivity (Wildman–Crippen MR) is 255 cm³/mol. The molecule has 60 heavy (non-hydrogen) atoms. The van der Waals surface area contributed by atoms with Gasteiger partial charge in [-0.15, -0.1) is 0 Å². The van der Waals surface area contributed by atoms with Crippen LogP contribution in [0.3, 0.4) is 0 Å². The van der Waals surface area contributed by atoms with Crippen molar-refractivity contribution >= 4 is 12.6 Å². The van der Waals surface area contributed by atoms with E-state index in [1.165, 1.54) is 160 Å². The van der Waals surface area contributed by atoms with Crippen LogP contribution in [0.25, 0.3) is 0 Å². The molecular weight excluding hydrogens is 776 g/mol. The average Bonchev–Trinajstić information content (AvgIpc) is 3.22. The SMILES string of the molecule is CC(C)(c1ccccc1)c1ccccc1O.CC(C)CCCCCCCCCCCCCC[C-]=O.CC(C)CCCCCCCCCCCCCC[C-]=O.CC(C)O.[O]=[Ti+2]. The normalized spacial score (nSPS) is 10.8. The van der Waals surface area contributed by atoms with Crippen LogP contribution in [0.15, 0.2) is 54.6 Å². The van der Waals surface area contributed by atoms with Crippen LogP contribution in [0.5, 0.6) is 5.75 Å². The van der Waals surface area contributed by atoms with E-state index < -0.39 is 0 Å². The first-order chi connectivity index (χ1) is 28.9. The van der Waals surface area contributed by atoms with E-state index in [-0.39, 0.29) is 11.5 Å². The summed E-state index contributed by atoms with van der Waals surface area (Å²) >= 11 is 0.750. The molecule has 2 N–H and O–H groups in total. The van der Waals surface area contributed by atoms with Crippen molar-refractivity contribution < 1.29 is 43.5 Å². The maximum absolute atomic E-state index is 10.0.